The Labute approximate surface area is 192 Å². The number of para-hydroxylation sites is 1. The van der Waals surface area contributed by atoms with Crippen molar-refractivity contribution in [3.05, 3.63) is 64.7 Å². The zero-order valence-electron chi connectivity index (χ0n) is 18.6. The maximum atomic E-state index is 13.3. The van der Waals surface area contributed by atoms with Crippen LogP contribution in [0.4, 0.5) is 0 Å². The number of carbonyl (C=O) groups is 2. The van der Waals surface area contributed by atoms with Crippen LogP contribution in [-0.2, 0) is 20.7 Å². The first kappa shape index (κ1) is 21.5. The molecule has 2 aromatic carbocycles. The van der Waals surface area contributed by atoms with E-state index in [0.29, 0.717) is 30.1 Å². The fraction of sp³-hybridized carbons (Fsp3) is 0.385. The minimum Gasteiger partial charge on any atom is -0.507 e. The molecule has 3 aliphatic heterocycles. The van der Waals surface area contributed by atoms with Crippen LogP contribution in [0.3, 0.4) is 0 Å². The van der Waals surface area contributed by atoms with E-state index in [0.717, 1.165) is 37.0 Å². The SMILES string of the molecule is COc1ccccc1C1/C(=C(\O)c2ccc3c(c2)CCCO3)C(=O)C(=O)N1CC1CCCO1. The number of Topliss-reactive ketones (excluding diaryl/α,β-unsaturated/α-hetero) is 1. The van der Waals surface area contributed by atoms with Gasteiger partial charge < -0.3 is 24.2 Å². The molecule has 0 aromatic heterocycles. The number of likely N-dealkylation sites (tertiary alicyclic amines) is 1. The Morgan fingerprint density at radius 2 is 2.00 bits per heavy atom. The van der Waals surface area contributed by atoms with Crippen molar-refractivity contribution in [2.75, 3.05) is 26.9 Å². The van der Waals surface area contributed by atoms with E-state index in [1.54, 1.807) is 19.2 Å². The molecule has 0 aliphatic carbocycles. The van der Waals surface area contributed by atoms with Crippen molar-refractivity contribution in [2.45, 2.75) is 37.8 Å². The molecular weight excluding hydrogens is 422 g/mol. The van der Waals surface area contributed by atoms with Gasteiger partial charge in [-0.1, -0.05) is 18.2 Å². The molecule has 2 atom stereocenters. The summed E-state index contributed by atoms with van der Waals surface area (Å²) in [6, 6.07) is 11.9. The largest absolute Gasteiger partial charge is 0.507 e. The van der Waals surface area contributed by atoms with Crippen LogP contribution in [0.2, 0.25) is 0 Å². The fourth-order valence-electron chi connectivity index (χ4n) is 4.95. The lowest BCUT2D eigenvalue weighted by Gasteiger charge is -2.28. The molecule has 0 saturated carbocycles. The van der Waals surface area contributed by atoms with Crippen molar-refractivity contribution in [3.63, 3.8) is 0 Å². The zero-order chi connectivity index (χ0) is 22.9. The van der Waals surface area contributed by atoms with Gasteiger partial charge in [0.15, 0.2) is 0 Å². The Balaban J connectivity index is 1.63. The highest BCUT2D eigenvalue weighted by molar-refractivity contribution is 6.46. The molecule has 5 rings (SSSR count). The van der Waals surface area contributed by atoms with E-state index in [9.17, 15) is 14.7 Å². The molecule has 2 unspecified atom stereocenters. The van der Waals surface area contributed by atoms with Crippen molar-refractivity contribution >= 4 is 17.4 Å². The minimum absolute atomic E-state index is 0.0687. The van der Waals surface area contributed by atoms with E-state index < -0.39 is 17.7 Å². The topological polar surface area (TPSA) is 85.3 Å². The van der Waals surface area contributed by atoms with Crippen LogP contribution >= 0.6 is 0 Å². The van der Waals surface area contributed by atoms with Crippen LogP contribution in [0, 0.1) is 0 Å². The Morgan fingerprint density at radius 1 is 1.15 bits per heavy atom. The second-order valence-corrected chi connectivity index (χ2v) is 8.60. The summed E-state index contributed by atoms with van der Waals surface area (Å²) in [6.45, 7) is 1.59. The zero-order valence-corrected chi connectivity index (χ0v) is 18.6. The average Bonchev–Trinajstić information content (AvgIpc) is 3.45. The lowest BCUT2D eigenvalue weighted by Crippen LogP contribution is -2.36. The third-order valence-electron chi connectivity index (χ3n) is 6.58. The summed E-state index contributed by atoms with van der Waals surface area (Å²) in [5, 5.41) is 11.4. The maximum absolute atomic E-state index is 13.3. The molecule has 33 heavy (non-hydrogen) atoms. The second-order valence-electron chi connectivity index (χ2n) is 8.60. The van der Waals surface area contributed by atoms with Crippen molar-refractivity contribution in [1.82, 2.24) is 4.90 Å². The second kappa shape index (κ2) is 8.90. The third-order valence-corrected chi connectivity index (χ3v) is 6.58. The van der Waals surface area contributed by atoms with Crippen molar-refractivity contribution in [2.24, 2.45) is 0 Å². The van der Waals surface area contributed by atoms with Gasteiger partial charge in [0, 0.05) is 24.3 Å². The van der Waals surface area contributed by atoms with E-state index in [1.807, 2.05) is 30.3 Å². The van der Waals surface area contributed by atoms with Gasteiger partial charge in [-0.05, 0) is 55.5 Å². The number of carbonyl (C=O) groups excluding carboxylic acids is 2. The van der Waals surface area contributed by atoms with Gasteiger partial charge in [0.25, 0.3) is 11.7 Å². The molecule has 7 heteroatoms. The first-order chi connectivity index (χ1) is 16.1. The number of amides is 1. The summed E-state index contributed by atoms with van der Waals surface area (Å²) in [5.74, 6) is -0.184. The van der Waals surface area contributed by atoms with Gasteiger partial charge in [0.1, 0.15) is 17.3 Å². The predicted molar refractivity (Wildman–Crippen MR) is 121 cm³/mol. The number of benzene rings is 2. The molecule has 2 aromatic rings. The summed E-state index contributed by atoms with van der Waals surface area (Å²) in [5.41, 5.74) is 2.20. The van der Waals surface area contributed by atoms with Gasteiger partial charge in [-0.3, -0.25) is 9.59 Å². The van der Waals surface area contributed by atoms with Gasteiger partial charge in [0.05, 0.1) is 31.4 Å². The highest BCUT2D eigenvalue weighted by atomic mass is 16.5. The molecule has 2 fully saturated rings. The van der Waals surface area contributed by atoms with Crippen LogP contribution in [-0.4, -0.2) is 54.7 Å². The van der Waals surface area contributed by atoms with E-state index in [1.165, 1.54) is 4.90 Å². The Kier molecular flexibility index (Phi) is 5.81. The van der Waals surface area contributed by atoms with E-state index in [4.69, 9.17) is 14.2 Å². The number of ketones is 1. The minimum atomic E-state index is -0.766. The van der Waals surface area contributed by atoms with E-state index in [-0.39, 0.29) is 24.0 Å². The molecule has 0 bridgehead atoms. The normalized spacial score (nSPS) is 24.0. The van der Waals surface area contributed by atoms with Crippen LogP contribution in [0.25, 0.3) is 5.76 Å². The van der Waals surface area contributed by atoms with E-state index >= 15 is 0 Å². The quantitative estimate of drug-likeness (QED) is 0.426. The lowest BCUT2D eigenvalue weighted by atomic mass is 9.93. The van der Waals surface area contributed by atoms with Gasteiger partial charge in [-0.15, -0.1) is 0 Å². The van der Waals surface area contributed by atoms with Crippen molar-refractivity contribution in [1.29, 1.82) is 0 Å². The number of methoxy groups -OCH3 is 1. The summed E-state index contributed by atoms with van der Waals surface area (Å²) >= 11 is 0. The van der Waals surface area contributed by atoms with Gasteiger partial charge in [-0.2, -0.15) is 0 Å². The molecular formula is C26H27NO6. The summed E-state index contributed by atoms with van der Waals surface area (Å²) in [6.07, 6.45) is 3.34. The molecule has 172 valence electrons. The first-order valence-electron chi connectivity index (χ1n) is 11.4. The number of aliphatic hydroxyl groups is 1. The molecule has 3 heterocycles. The molecule has 2 saturated heterocycles. The van der Waals surface area contributed by atoms with Gasteiger partial charge in [0.2, 0.25) is 0 Å². The van der Waals surface area contributed by atoms with Crippen LogP contribution in [0.1, 0.15) is 42.0 Å². The molecule has 1 amide bonds. The highest BCUT2D eigenvalue weighted by Crippen LogP contribution is 2.43. The molecule has 1 N–H and O–H groups in total. The number of fused-ring (bicyclic) bond motifs is 1. The standard InChI is InChI=1S/C26H27NO6/c1-31-21-9-3-2-8-19(21)23-22(25(29)26(30)27(23)15-18-7-5-12-32-18)24(28)17-10-11-20-16(14-17)6-4-13-33-20/h2-3,8-11,14,18,23,28H,4-7,12-13,15H2,1H3/b24-22+. The smallest absolute Gasteiger partial charge is 0.295 e. The van der Waals surface area contributed by atoms with Gasteiger partial charge >= 0.3 is 0 Å². The Morgan fingerprint density at radius 3 is 2.79 bits per heavy atom. The number of nitrogens with zero attached hydrogens (tertiary/aromatic N) is 1. The van der Waals surface area contributed by atoms with Crippen LogP contribution in [0.15, 0.2) is 48.0 Å². The van der Waals surface area contributed by atoms with Crippen molar-refractivity contribution in [3.8, 4) is 11.5 Å². The number of hydrogen-bond donors (Lipinski definition) is 1. The molecule has 0 spiro atoms. The maximum Gasteiger partial charge on any atom is 0.295 e. The number of hydrogen-bond acceptors (Lipinski definition) is 6. The van der Waals surface area contributed by atoms with Crippen molar-refractivity contribution < 1.29 is 28.9 Å². The fourth-order valence-corrected chi connectivity index (χ4v) is 4.95. The average molecular weight is 450 g/mol. The summed E-state index contributed by atoms with van der Waals surface area (Å²) < 4.78 is 17.0. The molecule has 7 nitrogen and oxygen atoms in total. The molecule has 0 radical (unpaired) electrons. The highest BCUT2D eigenvalue weighted by Gasteiger charge is 2.48. The first-order valence-corrected chi connectivity index (χ1v) is 11.4. The summed E-state index contributed by atoms with van der Waals surface area (Å²) in [7, 11) is 1.55. The summed E-state index contributed by atoms with van der Waals surface area (Å²) in [4.78, 5) is 27.9. The van der Waals surface area contributed by atoms with Crippen LogP contribution in [0.5, 0.6) is 11.5 Å². The van der Waals surface area contributed by atoms with E-state index in [2.05, 4.69) is 0 Å². The Bertz CT molecular complexity index is 1120. The predicted octanol–water partition coefficient (Wildman–Crippen LogP) is 3.62. The monoisotopic (exact) mass is 449 g/mol. The lowest BCUT2D eigenvalue weighted by molar-refractivity contribution is -0.140. The third kappa shape index (κ3) is 3.86. The number of aryl methyl sites for hydroxylation is 1. The Hall–Kier alpha value is -3.32. The number of ether oxygens (including phenoxy) is 3. The van der Waals surface area contributed by atoms with Crippen LogP contribution < -0.4 is 9.47 Å². The number of aliphatic hydroxyl groups excluding tert-OH is 1. The van der Waals surface area contributed by atoms with Gasteiger partial charge in [-0.25, -0.2) is 0 Å². The number of rotatable bonds is 5. The molecule has 3 aliphatic rings.